The predicted octanol–water partition coefficient (Wildman–Crippen LogP) is 2.53. The minimum absolute atomic E-state index is 0.533. The maximum absolute atomic E-state index is 5.96. The monoisotopic (exact) mass is 235 g/mol. The third-order valence-electron chi connectivity index (χ3n) is 4.15. The lowest BCUT2D eigenvalue weighted by Gasteiger charge is -2.33. The second-order valence-electron chi connectivity index (χ2n) is 5.31. The van der Waals surface area contributed by atoms with Crippen LogP contribution in [0.3, 0.4) is 0 Å². The van der Waals surface area contributed by atoms with Gasteiger partial charge in [0.15, 0.2) is 5.96 Å². The first-order valence-corrected chi connectivity index (χ1v) is 7.00. The van der Waals surface area contributed by atoms with E-state index < -0.39 is 0 Å². The van der Waals surface area contributed by atoms with Crippen molar-refractivity contribution in [1.82, 2.24) is 4.90 Å². The van der Waals surface area contributed by atoms with Gasteiger partial charge in [0.1, 0.15) is 0 Å². The number of aliphatic imine (C=N–C) groups is 1. The maximum atomic E-state index is 5.96. The lowest BCUT2D eigenvalue weighted by atomic mass is 9.85. The Morgan fingerprint density at radius 1 is 1.24 bits per heavy atom. The Bertz CT molecular complexity index is 277. The molecule has 1 atom stereocenters. The number of hydrogen-bond acceptors (Lipinski definition) is 3. The van der Waals surface area contributed by atoms with Crippen molar-refractivity contribution in [2.24, 2.45) is 16.6 Å². The van der Waals surface area contributed by atoms with Crippen LogP contribution in [0.25, 0.3) is 0 Å². The largest absolute Gasteiger partial charge is 0.370 e. The molecule has 0 saturated heterocycles. The molecule has 1 fully saturated rings. The Morgan fingerprint density at radius 3 is 2.53 bits per heavy atom. The van der Waals surface area contributed by atoms with E-state index in [0.717, 1.165) is 25.0 Å². The topological polar surface area (TPSA) is 41.6 Å². The molecule has 1 heterocycles. The summed E-state index contributed by atoms with van der Waals surface area (Å²) >= 11 is 0. The number of hydrogen-bond donors (Lipinski definition) is 1. The van der Waals surface area contributed by atoms with E-state index in [-0.39, 0.29) is 0 Å². The number of guanidine groups is 1. The summed E-state index contributed by atoms with van der Waals surface area (Å²) in [5.41, 5.74) is 5.96. The molecule has 17 heavy (non-hydrogen) atoms. The van der Waals surface area contributed by atoms with Crippen LogP contribution in [0.4, 0.5) is 0 Å². The van der Waals surface area contributed by atoms with Gasteiger partial charge in [-0.05, 0) is 18.8 Å². The first-order valence-electron chi connectivity index (χ1n) is 7.00. The van der Waals surface area contributed by atoms with Gasteiger partial charge in [-0.3, -0.25) is 4.99 Å². The molecular weight excluding hydrogens is 210 g/mol. The van der Waals surface area contributed by atoms with E-state index in [2.05, 4.69) is 16.5 Å². The molecule has 1 unspecified atom stereocenters. The molecule has 2 rings (SSSR count). The summed E-state index contributed by atoms with van der Waals surface area (Å²) in [4.78, 5) is 6.67. The highest BCUT2D eigenvalue weighted by molar-refractivity contribution is 5.80. The van der Waals surface area contributed by atoms with Gasteiger partial charge >= 0.3 is 0 Å². The highest BCUT2D eigenvalue weighted by Crippen LogP contribution is 2.29. The van der Waals surface area contributed by atoms with E-state index in [1.807, 2.05) is 6.08 Å². The SMILES string of the molecule is C=CCN1C(N)=NCC1C1CCCCCCC1. The summed E-state index contributed by atoms with van der Waals surface area (Å²) in [5, 5.41) is 0. The summed E-state index contributed by atoms with van der Waals surface area (Å²) < 4.78 is 0. The molecule has 3 heteroatoms. The van der Waals surface area contributed by atoms with Crippen LogP contribution in [-0.2, 0) is 0 Å². The van der Waals surface area contributed by atoms with Crippen molar-refractivity contribution < 1.29 is 0 Å². The normalized spacial score (nSPS) is 27.4. The number of nitrogens with two attached hydrogens (primary N) is 1. The van der Waals surface area contributed by atoms with E-state index in [9.17, 15) is 0 Å². The molecule has 0 spiro atoms. The highest BCUT2D eigenvalue weighted by Gasteiger charge is 2.31. The second kappa shape index (κ2) is 6.08. The Morgan fingerprint density at radius 2 is 1.88 bits per heavy atom. The van der Waals surface area contributed by atoms with Crippen LogP contribution in [0.15, 0.2) is 17.6 Å². The Hall–Kier alpha value is -0.990. The van der Waals surface area contributed by atoms with Crippen molar-refractivity contribution in [2.75, 3.05) is 13.1 Å². The molecule has 0 bridgehead atoms. The van der Waals surface area contributed by atoms with Gasteiger partial charge < -0.3 is 10.6 Å². The average molecular weight is 235 g/mol. The van der Waals surface area contributed by atoms with Gasteiger partial charge in [0.05, 0.1) is 12.6 Å². The third-order valence-corrected chi connectivity index (χ3v) is 4.15. The molecule has 2 aliphatic rings. The van der Waals surface area contributed by atoms with E-state index in [0.29, 0.717) is 6.04 Å². The van der Waals surface area contributed by atoms with Crippen LogP contribution in [0.5, 0.6) is 0 Å². The number of nitrogens with zero attached hydrogens (tertiary/aromatic N) is 2. The van der Waals surface area contributed by atoms with Gasteiger partial charge in [0.2, 0.25) is 0 Å². The minimum Gasteiger partial charge on any atom is -0.370 e. The molecule has 1 aliphatic carbocycles. The smallest absolute Gasteiger partial charge is 0.191 e. The van der Waals surface area contributed by atoms with Crippen LogP contribution in [0.1, 0.15) is 44.9 Å². The fourth-order valence-electron chi connectivity index (χ4n) is 3.19. The molecule has 0 amide bonds. The van der Waals surface area contributed by atoms with Gasteiger partial charge in [-0.15, -0.1) is 6.58 Å². The molecule has 1 saturated carbocycles. The van der Waals surface area contributed by atoms with E-state index in [1.165, 1.54) is 44.9 Å². The number of rotatable bonds is 3. The van der Waals surface area contributed by atoms with Gasteiger partial charge in [-0.2, -0.15) is 0 Å². The Balaban J connectivity index is 1.97. The summed E-state index contributed by atoms with van der Waals surface area (Å²) in [6, 6.07) is 0.533. The van der Waals surface area contributed by atoms with Gasteiger partial charge in [0, 0.05) is 6.54 Å². The van der Waals surface area contributed by atoms with E-state index in [1.54, 1.807) is 0 Å². The molecule has 1 aliphatic heterocycles. The van der Waals surface area contributed by atoms with E-state index >= 15 is 0 Å². The predicted molar refractivity (Wildman–Crippen MR) is 73.0 cm³/mol. The van der Waals surface area contributed by atoms with Crippen LogP contribution < -0.4 is 5.73 Å². The minimum atomic E-state index is 0.533. The highest BCUT2D eigenvalue weighted by atomic mass is 15.3. The molecule has 3 nitrogen and oxygen atoms in total. The quantitative estimate of drug-likeness (QED) is 0.764. The third kappa shape index (κ3) is 3.02. The second-order valence-corrected chi connectivity index (χ2v) is 5.31. The van der Waals surface area contributed by atoms with Crippen LogP contribution >= 0.6 is 0 Å². The zero-order valence-corrected chi connectivity index (χ0v) is 10.8. The summed E-state index contributed by atoms with van der Waals surface area (Å²) in [6.45, 7) is 5.56. The van der Waals surface area contributed by atoms with Crippen LogP contribution in [-0.4, -0.2) is 30.0 Å². The summed E-state index contributed by atoms with van der Waals surface area (Å²) in [6.07, 6.45) is 11.6. The van der Waals surface area contributed by atoms with Crippen molar-refractivity contribution >= 4 is 5.96 Å². The average Bonchev–Trinajstić information content (AvgIpc) is 2.62. The fraction of sp³-hybridized carbons (Fsp3) is 0.786. The first kappa shape index (κ1) is 12.5. The van der Waals surface area contributed by atoms with Crippen molar-refractivity contribution in [1.29, 1.82) is 0 Å². The first-order chi connectivity index (χ1) is 8.33. The maximum Gasteiger partial charge on any atom is 0.191 e. The molecule has 96 valence electrons. The summed E-state index contributed by atoms with van der Waals surface area (Å²) in [5.74, 6) is 1.50. The molecule has 0 radical (unpaired) electrons. The molecular formula is C14H25N3. The Labute approximate surface area is 105 Å². The molecule has 2 N–H and O–H groups in total. The van der Waals surface area contributed by atoms with E-state index in [4.69, 9.17) is 5.73 Å². The molecule has 0 aromatic carbocycles. The molecule has 0 aromatic heterocycles. The lowest BCUT2D eigenvalue weighted by Crippen LogP contribution is -2.44. The van der Waals surface area contributed by atoms with Crippen molar-refractivity contribution in [3.05, 3.63) is 12.7 Å². The van der Waals surface area contributed by atoms with Crippen molar-refractivity contribution in [3.63, 3.8) is 0 Å². The van der Waals surface area contributed by atoms with Crippen LogP contribution in [0.2, 0.25) is 0 Å². The fourth-order valence-corrected chi connectivity index (χ4v) is 3.19. The molecule has 0 aromatic rings. The summed E-state index contributed by atoms with van der Waals surface area (Å²) in [7, 11) is 0. The van der Waals surface area contributed by atoms with Crippen molar-refractivity contribution in [3.8, 4) is 0 Å². The van der Waals surface area contributed by atoms with Crippen LogP contribution in [0, 0.1) is 5.92 Å². The lowest BCUT2D eigenvalue weighted by molar-refractivity contribution is 0.225. The standard InChI is InChI=1S/C14H25N3/c1-2-10-17-13(11-16-14(17)15)12-8-6-4-3-5-7-9-12/h2,12-13H,1,3-11H2,(H2,15,16). The zero-order chi connectivity index (χ0) is 12.1. The zero-order valence-electron chi connectivity index (χ0n) is 10.8. The van der Waals surface area contributed by atoms with Crippen molar-refractivity contribution in [2.45, 2.75) is 51.0 Å². The van der Waals surface area contributed by atoms with Gasteiger partial charge in [0.25, 0.3) is 0 Å². The Kier molecular flexibility index (Phi) is 4.46. The van der Waals surface area contributed by atoms with Gasteiger partial charge in [-0.25, -0.2) is 0 Å². The van der Waals surface area contributed by atoms with Gasteiger partial charge in [-0.1, -0.05) is 38.2 Å².